The quantitative estimate of drug-likeness (QED) is 0.769. The molecule has 3 heteroatoms. The second kappa shape index (κ2) is 5.81. The summed E-state index contributed by atoms with van der Waals surface area (Å²) in [5, 5.41) is 0. The summed E-state index contributed by atoms with van der Waals surface area (Å²) in [6.45, 7) is 0.862. The Hall–Kier alpha value is -0.930. The molecule has 1 aliphatic heterocycles. The first kappa shape index (κ1) is 12.1. The zero-order chi connectivity index (χ0) is 12.2. The van der Waals surface area contributed by atoms with Crippen molar-refractivity contribution in [2.75, 3.05) is 12.4 Å². The van der Waals surface area contributed by atoms with E-state index in [1.165, 1.54) is 18.4 Å². The zero-order valence-electron chi connectivity index (χ0n) is 10.4. The predicted octanol–water partition coefficient (Wildman–Crippen LogP) is 3.94. The predicted molar refractivity (Wildman–Crippen MR) is 75.0 cm³/mol. The van der Waals surface area contributed by atoms with Crippen LogP contribution in [0, 0.1) is 0 Å². The number of benzene rings is 1. The third-order valence-corrected chi connectivity index (χ3v) is 4.39. The Morgan fingerprint density at radius 3 is 2.78 bits per heavy atom. The average Bonchev–Trinajstić information content (AvgIpc) is 2.95. The van der Waals surface area contributed by atoms with Crippen molar-refractivity contribution in [1.82, 2.24) is 0 Å². The van der Waals surface area contributed by atoms with Gasteiger partial charge in [0.25, 0.3) is 0 Å². The van der Waals surface area contributed by atoms with E-state index in [1.807, 2.05) is 11.8 Å². The van der Waals surface area contributed by atoms with Gasteiger partial charge in [-0.3, -0.25) is 0 Å². The first-order valence-electron chi connectivity index (χ1n) is 6.58. The highest BCUT2D eigenvalue weighted by molar-refractivity contribution is 7.99. The fourth-order valence-corrected chi connectivity index (χ4v) is 3.26. The maximum Gasteiger partial charge on any atom is 0.128 e. The van der Waals surface area contributed by atoms with Crippen LogP contribution in [0.25, 0.3) is 0 Å². The van der Waals surface area contributed by atoms with Crippen molar-refractivity contribution in [2.24, 2.45) is 0 Å². The first-order chi connectivity index (χ1) is 8.92. The van der Waals surface area contributed by atoms with Crippen molar-refractivity contribution in [3.8, 4) is 5.75 Å². The highest BCUT2D eigenvalue weighted by Crippen LogP contribution is 2.35. The van der Waals surface area contributed by atoms with Gasteiger partial charge in [0.2, 0.25) is 0 Å². The van der Waals surface area contributed by atoms with Crippen molar-refractivity contribution in [2.45, 2.75) is 30.8 Å². The lowest BCUT2D eigenvalue weighted by Crippen LogP contribution is -2.15. The van der Waals surface area contributed by atoms with Crippen LogP contribution in [0.15, 0.2) is 36.4 Å². The summed E-state index contributed by atoms with van der Waals surface area (Å²) in [4.78, 5) is 0. The van der Waals surface area contributed by atoms with Gasteiger partial charge in [-0.05, 0) is 43.0 Å². The molecule has 2 aliphatic rings. The van der Waals surface area contributed by atoms with E-state index in [1.54, 1.807) is 0 Å². The van der Waals surface area contributed by atoms with Crippen molar-refractivity contribution in [1.29, 1.82) is 0 Å². The fourth-order valence-electron chi connectivity index (χ4n) is 2.31. The lowest BCUT2D eigenvalue weighted by Gasteiger charge is -2.19. The summed E-state index contributed by atoms with van der Waals surface area (Å²) in [5.41, 5.74) is 1.46. The summed E-state index contributed by atoms with van der Waals surface area (Å²) in [7, 11) is 0. The van der Waals surface area contributed by atoms with Crippen LogP contribution in [0.2, 0.25) is 0 Å². The van der Waals surface area contributed by atoms with E-state index in [2.05, 4.69) is 36.4 Å². The Labute approximate surface area is 112 Å². The average molecular weight is 262 g/mol. The van der Waals surface area contributed by atoms with Crippen LogP contribution in [-0.2, 0) is 4.74 Å². The van der Waals surface area contributed by atoms with Gasteiger partial charge in [-0.25, -0.2) is 0 Å². The van der Waals surface area contributed by atoms with E-state index in [0.29, 0.717) is 0 Å². The number of ether oxygens (including phenoxy) is 2. The molecule has 3 rings (SSSR count). The molecule has 96 valence electrons. The van der Waals surface area contributed by atoms with Crippen molar-refractivity contribution in [3.63, 3.8) is 0 Å². The van der Waals surface area contributed by atoms with Gasteiger partial charge in [-0.1, -0.05) is 18.2 Å². The summed E-state index contributed by atoms with van der Waals surface area (Å²) < 4.78 is 11.6. The third-order valence-electron chi connectivity index (χ3n) is 3.27. The maximum atomic E-state index is 5.94. The van der Waals surface area contributed by atoms with Gasteiger partial charge in [0, 0.05) is 5.75 Å². The van der Waals surface area contributed by atoms with Crippen molar-refractivity contribution >= 4 is 11.8 Å². The van der Waals surface area contributed by atoms with Gasteiger partial charge >= 0.3 is 0 Å². The van der Waals surface area contributed by atoms with Gasteiger partial charge in [-0.15, -0.1) is 11.8 Å². The molecule has 1 aromatic rings. The second-order valence-corrected chi connectivity index (χ2v) is 5.83. The summed E-state index contributed by atoms with van der Waals surface area (Å²) >= 11 is 1.86. The van der Waals surface area contributed by atoms with Crippen LogP contribution in [0.1, 0.15) is 30.3 Å². The monoisotopic (exact) mass is 262 g/mol. The minimum absolute atomic E-state index is 0.216. The second-order valence-electron chi connectivity index (χ2n) is 4.66. The molecule has 0 amide bonds. The number of allylic oxidation sites excluding steroid dienone is 1. The molecule has 2 nitrogen and oxygen atoms in total. The Balaban J connectivity index is 1.63. The highest BCUT2D eigenvalue weighted by atomic mass is 32.2. The smallest absolute Gasteiger partial charge is 0.128 e. The standard InChI is InChI=1S/C15H18O2S/c1-2-4-13(5-3-1)17-14-8-6-12(7-9-14)15-16-10-11-18-15/h2,4,6-9,13,15H,1,3,5,10-11H2. The molecule has 2 atom stereocenters. The van der Waals surface area contributed by atoms with Crippen LogP contribution < -0.4 is 4.74 Å². The van der Waals surface area contributed by atoms with Gasteiger partial charge in [-0.2, -0.15) is 0 Å². The molecule has 18 heavy (non-hydrogen) atoms. The molecule has 1 aromatic carbocycles. The summed E-state index contributed by atoms with van der Waals surface area (Å²) in [6.07, 6.45) is 8.18. The summed E-state index contributed by atoms with van der Waals surface area (Å²) in [6, 6.07) is 8.34. The molecule has 0 saturated carbocycles. The maximum absolute atomic E-state index is 5.94. The normalized spacial score (nSPS) is 27.3. The van der Waals surface area contributed by atoms with Crippen LogP contribution in [-0.4, -0.2) is 18.5 Å². The molecule has 1 fully saturated rings. The van der Waals surface area contributed by atoms with Crippen LogP contribution in [0.3, 0.4) is 0 Å². The number of hydrogen-bond acceptors (Lipinski definition) is 3. The van der Waals surface area contributed by atoms with E-state index in [0.717, 1.165) is 24.5 Å². The lowest BCUT2D eigenvalue weighted by molar-refractivity contribution is 0.145. The molecule has 0 bridgehead atoms. The van der Waals surface area contributed by atoms with Crippen molar-refractivity contribution in [3.05, 3.63) is 42.0 Å². The first-order valence-corrected chi connectivity index (χ1v) is 7.63. The van der Waals surface area contributed by atoms with Gasteiger partial charge in [0.1, 0.15) is 17.3 Å². The zero-order valence-corrected chi connectivity index (χ0v) is 11.2. The molecule has 0 N–H and O–H groups in total. The SMILES string of the molecule is C1=CC(Oc2ccc(C3OCCS3)cc2)CCC1. The van der Waals surface area contributed by atoms with Crippen LogP contribution >= 0.6 is 11.8 Å². The summed E-state index contributed by atoms with van der Waals surface area (Å²) in [5.74, 6) is 2.05. The van der Waals surface area contributed by atoms with Gasteiger partial charge < -0.3 is 9.47 Å². The van der Waals surface area contributed by atoms with E-state index in [-0.39, 0.29) is 11.5 Å². The van der Waals surface area contributed by atoms with Gasteiger partial charge in [0.05, 0.1) is 6.61 Å². The van der Waals surface area contributed by atoms with E-state index in [9.17, 15) is 0 Å². The van der Waals surface area contributed by atoms with Crippen LogP contribution in [0.5, 0.6) is 5.75 Å². The minimum Gasteiger partial charge on any atom is -0.486 e. The number of rotatable bonds is 3. The Morgan fingerprint density at radius 1 is 1.22 bits per heavy atom. The topological polar surface area (TPSA) is 18.5 Å². The molecule has 1 heterocycles. The molecule has 0 spiro atoms. The van der Waals surface area contributed by atoms with E-state index in [4.69, 9.17) is 9.47 Å². The van der Waals surface area contributed by atoms with Crippen LogP contribution in [0.4, 0.5) is 0 Å². The van der Waals surface area contributed by atoms with Gasteiger partial charge in [0.15, 0.2) is 0 Å². The lowest BCUT2D eigenvalue weighted by atomic mass is 10.1. The Kier molecular flexibility index (Phi) is 3.91. The fraction of sp³-hybridized carbons (Fsp3) is 0.467. The van der Waals surface area contributed by atoms with E-state index < -0.39 is 0 Å². The molecular formula is C15H18O2S. The van der Waals surface area contributed by atoms with E-state index >= 15 is 0 Å². The Morgan fingerprint density at radius 2 is 2.11 bits per heavy atom. The molecule has 2 unspecified atom stereocenters. The van der Waals surface area contributed by atoms with Crippen molar-refractivity contribution < 1.29 is 9.47 Å². The third kappa shape index (κ3) is 2.90. The largest absolute Gasteiger partial charge is 0.486 e. The number of thioether (sulfide) groups is 1. The highest BCUT2D eigenvalue weighted by Gasteiger charge is 2.18. The molecule has 0 radical (unpaired) electrons. The molecule has 1 aliphatic carbocycles. The molecule has 0 aromatic heterocycles. The molecular weight excluding hydrogens is 244 g/mol. The number of hydrogen-bond donors (Lipinski definition) is 0. The molecule has 1 saturated heterocycles. The minimum atomic E-state index is 0.216. The Bertz CT molecular complexity index is 407.